The molecule has 0 aliphatic heterocycles. The summed E-state index contributed by atoms with van der Waals surface area (Å²) in [5, 5.41) is 16.8. The van der Waals surface area contributed by atoms with Crippen molar-refractivity contribution in [3.8, 4) is 0 Å². The van der Waals surface area contributed by atoms with Crippen molar-refractivity contribution in [2.75, 3.05) is 0 Å². The summed E-state index contributed by atoms with van der Waals surface area (Å²) >= 11 is 0.893. The van der Waals surface area contributed by atoms with Gasteiger partial charge in [0.1, 0.15) is 10.7 Å². The maximum atomic E-state index is 11.1. The van der Waals surface area contributed by atoms with Crippen molar-refractivity contribution in [2.45, 2.75) is 18.6 Å². The van der Waals surface area contributed by atoms with Crippen molar-refractivity contribution in [2.24, 2.45) is 0 Å². The molecule has 2 aromatic heterocycles. The van der Waals surface area contributed by atoms with E-state index in [4.69, 9.17) is 13.9 Å². The number of thioether (sulfide) groups is 1. The van der Waals surface area contributed by atoms with Gasteiger partial charge in [-0.05, 0) is 23.9 Å². The fourth-order valence-electron chi connectivity index (χ4n) is 1.15. The van der Waals surface area contributed by atoms with Gasteiger partial charge in [0.15, 0.2) is 0 Å². The Hall–Kier alpha value is -2.02. The minimum Gasteiger partial charge on any atom is -0.477 e. The lowest BCUT2D eigenvalue weighted by molar-refractivity contribution is -0.131. The number of hydrogen-bond donors (Lipinski definition) is 1. The highest BCUT2D eigenvalue weighted by atomic mass is 32.2. The van der Waals surface area contributed by atoms with Crippen LogP contribution in [0.4, 0.5) is 0 Å². The van der Waals surface area contributed by atoms with Crippen LogP contribution in [-0.2, 0) is 11.2 Å². The van der Waals surface area contributed by atoms with E-state index in [1.807, 2.05) is 6.92 Å². The van der Waals surface area contributed by atoms with Gasteiger partial charge in [-0.15, -0.1) is 10.2 Å². The molecule has 2 heterocycles. The minimum absolute atomic E-state index is 0.0521. The first-order valence-corrected chi connectivity index (χ1v) is 5.99. The summed E-state index contributed by atoms with van der Waals surface area (Å²) in [5.41, 5.74) is 0. The van der Waals surface area contributed by atoms with Crippen molar-refractivity contribution in [3.63, 3.8) is 0 Å². The summed E-state index contributed by atoms with van der Waals surface area (Å²) < 4.78 is 10.3. The van der Waals surface area contributed by atoms with E-state index in [0.29, 0.717) is 18.1 Å². The molecule has 0 atom stereocenters. The van der Waals surface area contributed by atoms with Crippen LogP contribution in [0.2, 0.25) is 0 Å². The molecule has 0 saturated carbocycles. The zero-order valence-corrected chi connectivity index (χ0v) is 10.3. The lowest BCUT2D eigenvalue weighted by Gasteiger charge is -1.96. The maximum absolute atomic E-state index is 11.1. The molecule has 18 heavy (non-hydrogen) atoms. The quantitative estimate of drug-likeness (QED) is 0.656. The van der Waals surface area contributed by atoms with E-state index < -0.39 is 5.97 Å². The maximum Gasteiger partial charge on any atom is 0.342 e. The summed E-state index contributed by atoms with van der Waals surface area (Å²) in [6.45, 7) is 1.87. The predicted molar refractivity (Wildman–Crippen MR) is 63.9 cm³/mol. The Labute approximate surface area is 107 Å². The topological polar surface area (TPSA) is 89.4 Å². The highest BCUT2D eigenvalue weighted by Crippen LogP contribution is 2.27. The molecule has 0 aromatic carbocycles. The van der Waals surface area contributed by atoms with Crippen LogP contribution < -0.4 is 0 Å². The number of aryl methyl sites for hydroxylation is 1. The van der Waals surface area contributed by atoms with Gasteiger partial charge in [-0.3, -0.25) is 0 Å². The number of rotatable bonds is 5. The fraction of sp³-hybridized carbons (Fsp3) is 0.182. The van der Waals surface area contributed by atoms with Crippen LogP contribution in [0.5, 0.6) is 0 Å². The highest BCUT2D eigenvalue weighted by Gasteiger charge is 2.15. The molecule has 0 fully saturated rings. The number of carbonyl (C=O) groups is 1. The molecule has 6 nitrogen and oxygen atoms in total. The number of carboxylic acids is 1. The number of nitrogens with zero attached hydrogens (tertiary/aromatic N) is 2. The van der Waals surface area contributed by atoms with Gasteiger partial charge < -0.3 is 13.9 Å². The molecule has 0 aliphatic rings. The van der Waals surface area contributed by atoms with Gasteiger partial charge in [0, 0.05) is 12.5 Å². The summed E-state index contributed by atoms with van der Waals surface area (Å²) in [7, 11) is 0. The number of furan rings is 1. The van der Waals surface area contributed by atoms with E-state index in [2.05, 4.69) is 10.2 Å². The van der Waals surface area contributed by atoms with Crippen molar-refractivity contribution in [1.29, 1.82) is 0 Å². The van der Waals surface area contributed by atoms with Gasteiger partial charge in [0.25, 0.3) is 5.22 Å². The third-order valence-corrected chi connectivity index (χ3v) is 2.83. The number of aromatic nitrogens is 2. The molecule has 7 heteroatoms. The lowest BCUT2D eigenvalue weighted by Crippen LogP contribution is -1.96. The Kier molecular flexibility index (Phi) is 3.83. The van der Waals surface area contributed by atoms with Crippen LogP contribution in [-0.4, -0.2) is 21.3 Å². The van der Waals surface area contributed by atoms with Crippen molar-refractivity contribution < 1.29 is 18.7 Å². The van der Waals surface area contributed by atoms with Crippen LogP contribution in [0, 0.1) is 0 Å². The van der Waals surface area contributed by atoms with Gasteiger partial charge in [-0.25, -0.2) is 4.79 Å². The van der Waals surface area contributed by atoms with E-state index in [1.54, 1.807) is 12.1 Å². The summed E-state index contributed by atoms with van der Waals surface area (Å²) in [6.07, 6.45) is 3.48. The summed E-state index contributed by atoms with van der Waals surface area (Å²) in [5.74, 6) is -0.150. The van der Waals surface area contributed by atoms with Crippen molar-refractivity contribution >= 4 is 23.8 Å². The average Bonchev–Trinajstić information content (AvgIpc) is 2.99. The second-order valence-corrected chi connectivity index (χ2v) is 4.24. The van der Waals surface area contributed by atoms with Gasteiger partial charge >= 0.3 is 5.97 Å². The highest BCUT2D eigenvalue weighted by molar-refractivity contribution is 8.03. The first kappa shape index (κ1) is 12.4. The van der Waals surface area contributed by atoms with Crippen LogP contribution in [0.15, 0.2) is 37.4 Å². The molecule has 94 valence electrons. The largest absolute Gasteiger partial charge is 0.477 e. The van der Waals surface area contributed by atoms with Gasteiger partial charge in [0.05, 0.1) is 6.26 Å². The van der Waals surface area contributed by atoms with Crippen LogP contribution in [0.3, 0.4) is 0 Å². The second kappa shape index (κ2) is 5.54. The fourth-order valence-corrected chi connectivity index (χ4v) is 1.82. The predicted octanol–water partition coefficient (Wildman–Crippen LogP) is 2.44. The lowest BCUT2D eigenvalue weighted by atomic mass is 10.4. The number of carboxylic acid groups (broad SMARTS) is 1. The van der Waals surface area contributed by atoms with Gasteiger partial charge in [-0.2, -0.15) is 0 Å². The molecule has 0 radical (unpaired) electrons. The molecule has 0 unspecified atom stereocenters. The van der Waals surface area contributed by atoms with Crippen LogP contribution in [0.25, 0.3) is 6.08 Å². The molecular weight excluding hydrogens is 256 g/mol. The first-order chi connectivity index (χ1) is 8.69. The Balaban J connectivity index is 2.19. The second-order valence-electron chi connectivity index (χ2n) is 3.25. The van der Waals surface area contributed by atoms with E-state index >= 15 is 0 Å². The Morgan fingerprint density at radius 3 is 2.94 bits per heavy atom. The standard InChI is InChI=1S/C11H10N2O4S/c1-2-9-12-13-11(17-9)18-8(10(14)15)6-7-4-3-5-16-7/h3-6H,2H2,1H3,(H,14,15)/b8-6-. The zero-order chi connectivity index (χ0) is 13.0. The molecule has 0 aliphatic carbocycles. The number of hydrogen-bond acceptors (Lipinski definition) is 6. The van der Waals surface area contributed by atoms with E-state index in [-0.39, 0.29) is 10.1 Å². The molecular formula is C11H10N2O4S. The zero-order valence-electron chi connectivity index (χ0n) is 9.49. The van der Waals surface area contributed by atoms with Gasteiger partial charge in [0.2, 0.25) is 5.89 Å². The molecule has 1 N–H and O–H groups in total. The Bertz CT molecular complexity index is 559. The summed E-state index contributed by atoms with van der Waals surface area (Å²) in [6, 6.07) is 3.34. The summed E-state index contributed by atoms with van der Waals surface area (Å²) in [4.78, 5) is 11.1. The normalized spacial score (nSPS) is 11.7. The molecule has 0 spiro atoms. The van der Waals surface area contributed by atoms with Crippen molar-refractivity contribution in [1.82, 2.24) is 10.2 Å². The molecule has 2 rings (SSSR count). The van der Waals surface area contributed by atoms with Crippen LogP contribution >= 0.6 is 11.8 Å². The average molecular weight is 266 g/mol. The SMILES string of the molecule is CCc1nnc(S/C(=C\c2ccco2)C(=O)O)o1. The smallest absolute Gasteiger partial charge is 0.342 e. The third kappa shape index (κ3) is 3.01. The number of aliphatic carboxylic acids is 1. The van der Waals surface area contributed by atoms with E-state index in [9.17, 15) is 4.79 Å². The first-order valence-electron chi connectivity index (χ1n) is 5.17. The van der Waals surface area contributed by atoms with Gasteiger partial charge in [-0.1, -0.05) is 6.92 Å². The molecule has 2 aromatic rings. The molecule has 0 saturated heterocycles. The van der Waals surface area contributed by atoms with E-state index in [1.165, 1.54) is 12.3 Å². The third-order valence-electron chi connectivity index (χ3n) is 1.98. The monoisotopic (exact) mass is 266 g/mol. The minimum atomic E-state index is -1.08. The van der Waals surface area contributed by atoms with Crippen molar-refractivity contribution in [3.05, 3.63) is 35.0 Å². The Morgan fingerprint density at radius 1 is 1.56 bits per heavy atom. The molecule has 0 amide bonds. The Morgan fingerprint density at radius 2 is 2.39 bits per heavy atom. The van der Waals surface area contributed by atoms with E-state index in [0.717, 1.165) is 11.8 Å². The van der Waals surface area contributed by atoms with Crippen LogP contribution in [0.1, 0.15) is 18.6 Å². The molecule has 0 bridgehead atoms.